The maximum Gasteiger partial charge on any atom is 0.254 e. The molecule has 1 fully saturated rings. The van der Waals surface area contributed by atoms with Crippen LogP contribution in [0.2, 0.25) is 0 Å². The Morgan fingerprint density at radius 3 is 3.14 bits per heavy atom. The number of nitrogens with zero attached hydrogens (tertiary/aromatic N) is 1. The topological polar surface area (TPSA) is 40.5 Å². The van der Waals surface area contributed by atoms with E-state index in [-0.39, 0.29) is 12.5 Å². The van der Waals surface area contributed by atoms with Gasteiger partial charge in [-0.3, -0.25) is 4.79 Å². The zero-order valence-corrected chi connectivity index (χ0v) is 13.6. The van der Waals surface area contributed by atoms with E-state index in [0.717, 1.165) is 56.7 Å². The zero-order chi connectivity index (χ0) is 14.8. The first-order chi connectivity index (χ1) is 10.2. The van der Waals surface area contributed by atoms with Crippen molar-refractivity contribution in [1.82, 2.24) is 4.90 Å². The number of aliphatic hydroxyl groups excluding tert-OH is 1. The number of hydrogen-bond donors (Lipinski definition) is 1. The van der Waals surface area contributed by atoms with E-state index in [9.17, 15) is 4.79 Å². The highest BCUT2D eigenvalue weighted by molar-refractivity contribution is 7.10. The summed E-state index contributed by atoms with van der Waals surface area (Å²) in [4.78, 5) is 16.3. The van der Waals surface area contributed by atoms with Gasteiger partial charge in [0, 0.05) is 30.0 Å². The minimum Gasteiger partial charge on any atom is -0.396 e. The van der Waals surface area contributed by atoms with Crippen LogP contribution in [0.3, 0.4) is 0 Å². The largest absolute Gasteiger partial charge is 0.396 e. The molecule has 0 bridgehead atoms. The Morgan fingerprint density at radius 2 is 2.33 bits per heavy atom. The van der Waals surface area contributed by atoms with E-state index >= 15 is 0 Å². The molecule has 0 saturated carbocycles. The number of carbonyl (C=O) groups is 1. The summed E-state index contributed by atoms with van der Waals surface area (Å²) >= 11 is 1.77. The number of piperidine rings is 1. The Bertz CT molecular complexity index is 509. The molecule has 1 N–H and O–H groups in total. The molecule has 1 amide bonds. The van der Waals surface area contributed by atoms with Crippen LogP contribution in [0.1, 0.15) is 53.4 Å². The van der Waals surface area contributed by atoms with Gasteiger partial charge in [0.25, 0.3) is 5.91 Å². The molecule has 2 heterocycles. The molecule has 116 valence electrons. The van der Waals surface area contributed by atoms with Crippen molar-refractivity contribution in [3.05, 3.63) is 21.4 Å². The SMILES string of the molecule is CC1CCc2c(C(=O)N3CCCC(CCO)C3)csc2C1. The second-order valence-corrected chi connectivity index (χ2v) is 7.63. The molecule has 1 aromatic rings. The summed E-state index contributed by atoms with van der Waals surface area (Å²) in [5.74, 6) is 1.45. The Balaban J connectivity index is 1.73. The van der Waals surface area contributed by atoms with Crippen LogP contribution in [0.15, 0.2) is 5.38 Å². The van der Waals surface area contributed by atoms with E-state index in [0.29, 0.717) is 5.92 Å². The fourth-order valence-corrected chi connectivity index (χ4v) is 4.93. The summed E-state index contributed by atoms with van der Waals surface area (Å²) < 4.78 is 0. The van der Waals surface area contributed by atoms with Crippen molar-refractivity contribution >= 4 is 17.2 Å². The summed E-state index contributed by atoms with van der Waals surface area (Å²) in [5, 5.41) is 11.2. The molecule has 21 heavy (non-hydrogen) atoms. The molecule has 0 spiro atoms. The van der Waals surface area contributed by atoms with E-state index < -0.39 is 0 Å². The number of amides is 1. The van der Waals surface area contributed by atoms with Crippen LogP contribution in [0.25, 0.3) is 0 Å². The maximum atomic E-state index is 12.8. The zero-order valence-electron chi connectivity index (χ0n) is 12.8. The predicted octanol–water partition coefficient (Wildman–Crippen LogP) is 3.11. The third kappa shape index (κ3) is 3.16. The normalized spacial score (nSPS) is 25.7. The van der Waals surface area contributed by atoms with Crippen LogP contribution in [-0.4, -0.2) is 35.6 Å². The van der Waals surface area contributed by atoms with Gasteiger partial charge in [-0.25, -0.2) is 0 Å². The summed E-state index contributed by atoms with van der Waals surface area (Å²) in [7, 11) is 0. The fraction of sp³-hybridized carbons (Fsp3) is 0.706. The Labute approximate surface area is 131 Å². The molecule has 2 aliphatic rings. The molecule has 0 radical (unpaired) electrons. The van der Waals surface area contributed by atoms with Gasteiger partial charge in [0.2, 0.25) is 0 Å². The first kappa shape index (κ1) is 15.0. The first-order valence-electron chi connectivity index (χ1n) is 8.18. The van der Waals surface area contributed by atoms with Crippen molar-refractivity contribution in [2.75, 3.05) is 19.7 Å². The van der Waals surface area contributed by atoms with Crippen molar-refractivity contribution in [2.45, 2.75) is 45.4 Å². The number of fused-ring (bicyclic) bond motifs is 1. The monoisotopic (exact) mass is 307 g/mol. The summed E-state index contributed by atoms with van der Waals surface area (Å²) in [6.45, 7) is 4.23. The average Bonchev–Trinajstić information content (AvgIpc) is 2.90. The molecular formula is C17H25NO2S. The second kappa shape index (κ2) is 6.49. The van der Waals surface area contributed by atoms with Gasteiger partial charge in [-0.15, -0.1) is 11.3 Å². The van der Waals surface area contributed by atoms with Gasteiger partial charge in [-0.1, -0.05) is 6.92 Å². The second-order valence-electron chi connectivity index (χ2n) is 6.67. The van der Waals surface area contributed by atoms with Crippen LogP contribution >= 0.6 is 11.3 Å². The van der Waals surface area contributed by atoms with Gasteiger partial charge >= 0.3 is 0 Å². The molecule has 1 aliphatic heterocycles. The Kier molecular flexibility index (Phi) is 4.65. The quantitative estimate of drug-likeness (QED) is 0.932. The highest BCUT2D eigenvalue weighted by atomic mass is 32.1. The molecule has 3 rings (SSSR count). The van der Waals surface area contributed by atoms with Crippen LogP contribution in [-0.2, 0) is 12.8 Å². The van der Waals surface area contributed by atoms with Crippen molar-refractivity contribution in [2.24, 2.45) is 11.8 Å². The molecule has 1 aliphatic carbocycles. The van der Waals surface area contributed by atoms with Gasteiger partial charge in [-0.2, -0.15) is 0 Å². The van der Waals surface area contributed by atoms with Crippen LogP contribution in [0.5, 0.6) is 0 Å². The van der Waals surface area contributed by atoms with Crippen LogP contribution in [0.4, 0.5) is 0 Å². The lowest BCUT2D eigenvalue weighted by molar-refractivity contribution is 0.0652. The fourth-order valence-electron chi connectivity index (χ4n) is 3.69. The van der Waals surface area contributed by atoms with Crippen LogP contribution in [0, 0.1) is 11.8 Å². The minimum absolute atomic E-state index is 0.227. The van der Waals surface area contributed by atoms with Gasteiger partial charge in [0.15, 0.2) is 0 Å². The molecule has 2 atom stereocenters. The summed E-state index contributed by atoms with van der Waals surface area (Å²) in [5.41, 5.74) is 2.29. The lowest BCUT2D eigenvalue weighted by Gasteiger charge is -2.33. The lowest BCUT2D eigenvalue weighted by atomic mass is 9.88. The number of aliphatic hydroxyl groups is 1. The maximum absolute atomic E-state index is 12.8. The Morgan fingerprint density at radius 1 is 1.48 bits per heavy atom. The standard InChI is InChI=1S/C17H25NO2S/c1-12-4-5-14-15(11-21-16(14)9-12)17(20)18-7-2-3-13(10-18)6-8-19/h11-13,19H,2-10H2,1H3. The number of carbonyl (C=O) groups excluding carboxylic acids is 1. The molecule has 4 heteroatoms. The first-order valence-corrected chi connectivity index (χ1v) is 9.06. The molecule has 2 unspecified atom stereocenters. The van der Waals surface area contributed by atoms with E-state index in [1.807, 2.05) is 4.90 Å². The van der Waals surface area contributed by atoms with E-state index in [2.05, 4.69) is 12.3 Å². The number of hydrogen-bond acceptors (Lipinski definition) is 3. The van der Waals surface area contributed by atoms with Gasteiger partial charge < -0.3 is 10.0 Å². The number of thiophene rings is 1. The van der Waals surface area contributed by atoms with Gasteiger partial charge in [0.1, 0.15) is 0 Å². The molecule has 0 aromatic carbocycles. The average molecular weight is 307 g/mol. The molecule has 1 aromatic heterocycles. The van der Waals surface area contributed by atoms with Crippen LogP contribution < -0.4 is 0 Å². The minimum atomic E-state index is 0.227. The van der Waals surface area contributed by atoms with Crippen molar-refractivity contribution in [1.29, 1.82) is 0 Å². The van der Waals surface area contributed by atoms with Crippen molar-refractivity contribution in [3.8, 4) is 0 Å². The van der Waals surface area contributed by atoms with Crippen molar-refractivity contribution < 1.29 is 9.90 Å². The van der Waals surface area contributed by atoms with E-state index in [1.165, 1.54) is 16.9 Å². The van der Waals surface area contributed by atoms with Gasteiger partial charge in [0.05, 0.1) is 5.56 Å². The van der Waals surface area contributed by atoms with E-state index in [1.54, 1.807) is 11.3 Å². The van der Waals surface area contributed by atoms with Crippen molar-refractivity contribution in [3.63, 3.8) is 0 Å². The van der Waals surface area contributed by atoms with E-state index in [4.69, 9.17) is 5.11 Å². The highest BCUT2D eigenvalue weighted by Gasteiger charge is 2.28. The summed E-state index contributed by atoms with van der Waals surface area (Å²) in [6.07, 6.45) is 6.44. The third-order valence-corrected chi connectivity index (χ3v) is 6.03. The lowest BCUT2D eigenvalue weighted by Crippen LogP contribution is -2.40. The number of likely N-dealkylation sites (tertiary alicyclic amines) is 1. The molecule has 1 saturated heterocycles. The van der Waals surface area contributed by atoms with Gasteiger partial charge in [-0.05, 0) is 55.9 Å². The third-order valence-electron chi connectivity index (χ3n) is 4.98. The summed E-state index contributed by atoms with van der Waals surface area (Å²) in [6, 6.07) is 0. The predicted molar refractivity (Wildman–Crippen MR) is 85.8 cm³/mol. The molecular weight excluding hydrogens is 282 g/mol. The Hall–Kier alpha value is -0.870. The highest BCUT2D eigenvalue weighted by Crippen LogP contribution is 2.34. The smallest absolute Gasteiger partial charge is 0.254 e. The molecule has 3 nitrogen and oxygen atoms in total. The number of rotatable bonds is 3.